The second kappa shape index (κ2) is 5.79. The highest BCUT2D eigenvalue weighted by Crippen LogP contribution is 2.63. The van der Waals surface area contributed by atoms with E-state index in [1.807, 2.05) is 0 Å². The van der Waals surface area contributed by atoms with Crippen LogP contribution in [0.25, 0.3) is 0 Å². The van der Waals surface area contributed by atoms with Gasteiger partial charge in [-0.2, -0.15) is 0 Å². The molecule has 0 aromatic heterocycles. The van der Waals surface area contributed by atoms with Gasteiger partial charge < -0.3 is 4.74 Å². The third-order valence-corrected chi connectivity index (χ3v) is 7.55. The molecule has 0 saturated heterocycles. The average molecular weight is 316 g/mol. The Morgan fingerprint density at radius 2 is 2.09 bits per heavy atom. The minimum atomic E-state index is 0.134. The molecular formula is C21H32O2. The largest absolute Gasteiger partial charge is 0.467 e. The summed E-state index contributed by atoms with van der Waals surface area (Å²) < 4.78 is 5.24. The zero-order valence-electron chi connectivity index (χ0n) is 15.1. The SMILES string of the molecule is C=C[C@]1(C)CC[C@H]2C(=CC[C@@H]3[C@@](C)(COC=O)CCC[C@]32C)C1. The maximum absolute atomic E-state index is 10.7. The molecule has 0 unspecified atom stereocenters. The zero-order chi connectivity index (χ0) is 16.7. The number of fused-ring (bicyclic) bond motifs is 3. The summed E-state index contributed by atoms with van der Waals surface area (Å²) in [6.45, 7) is 12.5. The van der Waals surface area contributed by atoms with Gasteiger partial charge in [-0.25, -0.2) is 0 Å². The van der Waals surface area contributed by atoms with Crippen molar-refractivity contribution in [1.29, 1.82) is 0 Å². The van der Waals surface area contributed by atoms with Crippen LogP contribution < -0.4 is 0 Å². The molecule has 5 atom stereocenters. The first-order valence-electron chi connectivity index (χ1n) is 9.25. The van der Waals surface area contributed by atoms with Crippen molar-refractivity contribution < 1.29 is 9.53 Å². The van der Waals surface area contributed by atoms with Crippen LogP contribution in [-0.4, -0.2) is 13.1 Å². The van der Waals surface area contributed by atoms with E-state index in [1.54, 1.807) is 5.57 Å². The quantitative estimate of drug-likeness (QED) is 0.520. The molecule has 2 fully saturated rings. The minimum Gasteiger partial charge on any atom is -0.467 e. The lowest BCUT2D eigenvalue weighted by Crippen LogP contribution is -2.52. The summed E-state index contributed by atoms with van der Waals surface area (Å²) in [6, 6.07) is 0. The van der Waals surface area contributed by atoms with Crippen molar-refractivity contribution in [3.63, 3.8) is 0 Å². The van der Waals surface area contributed by atoms with E-state index in [9.17, 15) is 4.79 Å². The van der Waals surface area contributed by atoms with Crippen LogP contribution in [0.5, 0.6) is 0 Å². The van der Waals surface area contributed by atoms with Gasteiger partial charge in [0.25, 0.3) is 6.47 Å². The lowest BCUT2D eigenvalue weighted by atomic mass is 9.45. The fourth-order valence-electron chi connectivity index (χ4n) is 6.13. The Balaban J connectivity index is 1.90. The number of carbonyl (C=O) groups excluding carboxylic acids is 1. The van der Waals surface area contributed by atoms with Crippen LogP contribution in [-0.2, 0) is 9.53 Å². The van der Waals surface area contributed by atoms with Crippen LogP contribution in [0.15, 0.2) is 24.3 Å². The van der Waals surface area contributed by atoms with E-state index in [4.69, 9.17) is 4.74 Å². The van der Waals surface area contributed by atoms with Crippen LogP contribution in [0.4, 0.5) is 0 Å². The van der Waals surface area contributed by atoms with Crippen molar-refractivity contribution in [2.75, 3.05) is 6.61 Å². The Hall–Kier alpha value is -1.05. The van der Waals surface area contributed by atoms with Crippen molar-refractivity contribution in [2.24, 2.45) is 28.1 Å². The van der Waals surface area contributed by atoms with Gasteiger partial charge >= 0.3 is 0 Å². The molecule has 23 heavy (non-hydrogen) atoms. The first kappa shape index (κ1) is 16.8. The summed E-state index contributed by atoms with van der Waals surface area (Å²) in [4.78, 5) is 10.7. The standard InChI is InChI=1S/C21H32O2/c1-5-19(2)12-9-17-16(13-19)7-8-18-20(3,14-23-15-22)10-6-11-21(17,18)4/h5,7,15,17-18H,1,6,8-14H2,2-4H3/t17-,18+,19+,20+,21-/m0/s1. The molecule has 0 N–H and O–H groups in total. The summed E-state index contributed by atoms with van der Waals surface area (Å²) in [5.74, 6) is 1.34. The van der Waals surface area contributed by atoms with Gasteiger partial charge in [0, 0.05) is 5.41 Å². The molecule has 2 nitrogen and oxygen atoms in total. The Kier molecular flexibility index (Phi) is 4.23. The van der Waals surface area contributed by atoms with Gasteiger partial charge in [-0.05, 0) is 61.2 Å². The third kappa shape index (κ3) is 2.68. The number of hydrogen-bond donors (Lipinski definition) is 0. The highest BCUT2D eigenvalue weighted by atomic mass is 16.5. The van der Waals surface area contributed by atoms with E-state index in [0.29, 0.717) is 30.3 Å². The molecule has 0 spiro atoms. The monoisotopic (exact) mass is 316 g/mol. The summed E-state index contributed by atoms with van der Waals surface area (Å²) in [5.41, 5.74) is 2.46. The van der Waals surface area contributed by atoms with Gasteiger partial charge in [0.15, 0.2) is 0 Å². The van der Waals surface area contributed by atoms with Crippen molar-refractivity contribution in [3.05, 3.63) is 24.3 Å². The third-order valence-electron chi connectivity index (χ3n) is 7.55. The topological polar surface area (TPSA) is 26.3 Å². The van der Waals surface area contributed by atoms with Gasteiger partial charge in [-0.15, -0.1) is 6.58 Å². The first-order chi connectivity index (χ1) is 10.9. The summed E-state index contributed by atoms with van der Waals surface area (Å²) in [5, 5.41) is 0. The second-order valence-corrected chi connectivity index (χ2v) is 9.11. The van der Waals surface area contributed by atoms with Crippen molar-refractivity contribution >= 4 is 6.47 Å². The maximum atomic E-state index is 10.7. The van der Waals surface area contributed by atoms with E-state index in [1.165, 1.54) is 38.5 Å². The smallest absolute Gasteiger partial charge is 0.293 e. The number of allylic oxidation sites excluding steroid dienone is 3. The molecule has 3 aliphatic rings. The predicted molar refractivity (Wildman–Crippen MR) is 93.9 cm³/mol. The Morgan fingerprint density at radius 3 is 2.78 bits per heavy atom. The fourth-order valence-corrected chi connectivity index (χ4v) is 6.13. The van der Waals surface area contributed by atoms with Gasteiger partial charge in [-0.1, -0.05) is 44.9 Å². The van der Waals surface area contributed by atoms with Gasteiger partial charge in [0.1, 0.15) is 0 Å². The molecule has 2 saturated carbocycles. The Morgan fingerprint density at radius 1 is 1.30 bits per heavy atom. The lowest BCUT2D eigenvalue weighted by Gasteiger charge is -2.59. The van der Waals surface area contributed by atoms with Crippen LogP contribution >= 0.6 is 0 Å². The molecule has 3 aliphatic carbocycles. The molecule has 128 valence electrons. The number of hydrogen-bond acceptors (Lipinski definition) is 2. The predicted octanol–water partition coefficient (Wildman–Crippen LogP) is 5.29. The summed E-state index contributed by atoms with van der Waals surface area (Å²) in [7, 11) is 0. The number of rotatable bonds is 4. The molecule has 3 rings (SSSR count). The maximum Gasteiger partial charge on any atom is 0.293 e. The zero-order valence-corrected chi connectivity index (χ0v) is 15.1. The fraction of sp³-hybridized carbons (Fsp3) is 0.762. The molecule has 0 heterocycles. The number of ether oxygens (including phenoxy) is 1. The van der Waals surface area contributed by atoms with Gasteiger partial charge in [-0.3, -0.25) is 4.79 Å². The van der Waals surface area contributed by atoms with Gasteiger partial charge in [0.05, 0.1) is 6.61 Å². The molecule has 0 amide bonds. The van der Waals surface area contributed by atoms with Crippen LogP contribution in [0, 0.1) is 28.1 Å². The highest BCUT2D eigenvalue weighted by Gasteiger charge is 2.55. The van der Waals surface area contributed by atoms with Gasteiger partial charge in [0.2, 0.25) is 0 Å². The van der Waals surface area contributed by atoms with Crippen molar-refractivity contribution in [1.82, 2.24) is 0 Å². The van der Waals surface area contributed by atoms with E-state index < -0.39 is 0 Å². The van der Waals surface area contributed by atoms with E-state index in [0.717, 1.165) is 6.42 Å². The van der Waals surface area contributed by atoms with E-state index in [-0.39, 0.29) is 10.8 Å². The molecule has 0 aromatic rings. The minimum absolute atomic E-state index is 0.134. The lowest BCUT2D eigenvalue weighted by molar-refractivity contribution is -0.140. The molecule has 0 aliphatic heterocycles. The van der Waals surface area contributed by atoms with Crippen LogP contribution in [0.3, 0.4) is 0 Å². The van der Waals surface area contributed by atoms with Crippen LogP contribution in [0.1, 0.15) is 65.7 Å². The Bertz CT molecular complexity index is 522. The molecule has 0 aromatic carbocycles. The summed E-state index contributed by atoms with van der Waals surface area (Å²) in [6.07, 6.45) is 13.3. The molecular weight excluding hydrogens is 284 g/mol. The highest BCUT2D eigenvalue weighted by molar-refractivity contribution is 5.37. The molecule has 0 bridgehead atoms. The van der Waals surface area contributed by atoms with Crippen molar-refractivity contribution in [2.45, 2.75) is 65.7 Å². The van der Waals surface area contributed by atoms with E-state index in [2.05, 4.69) is 39.5 Å². The Labute approximate surface area is 141 Å². The molecule has 2 heteroatoms. The first-order valence-corrected chi connectivity index (χ1v) is 9.25. The van der Waals surface area contributed by atoms with Crippen molar-refractivity contribution in [3.8, 4) is 0 Å². The number of carbonyl (C=O) groups is 1. The second-order valence-electron chi connectivity index (χ2n) is 9.11. The molecule has 0 radical (unpaired) electrons. The average Bonchev–Trinajstić information content (AvgIpc) is 2.52. The van der Waals surface area contributed by atoms with E-state index >= 15 is 0 Å². The summed E-state index contributed by atoms with van der Waals surface area (Å²) >= 11 is 0. The normalized spacial score (nSPS) is 46.1. The van der Waals surface area contributed by atoms with Crippen LogP contribution in [0.2, 0.25) is 0 Å².